The minimum absolute atomic E-state index is 0. The van der Waals surface area contributed by atoms with Crippen LogP contribution in [0.2, 0.25) is 0 Å². The van der Waals surface area contributed by atoms with Gasteiger partial charge in [0.2, 0.25) is 0 Å². The number of esters is 2. The van der Waals surface area contributed by atoms with E-state index in [-0.39, 0.29) is 46.3 Å². The number of carbonyl (C=O) groups excluding carboxylic acids is 3. The highest BCUT2D eigenvalue weighted by molar-refractivity contribution is 6.00. The first kappa shape index (κ1) is 34.1. The number of carboxylic acid groups (broad SMARTS) is 1. The van der Waals surface area contributed by atoms with Crippen LogP contribution in [0.15, 0.2) is 42.5 Å². The fourth-order valence-electron chi connectivity index (χ4n) is 2.55. The molecule has 2 aromatic rings. The SMILES string of the molecule is C.C.COc1ccc(C(=O)CCC(=O)O)c(OC)c1.COc1cccc(OC)c1.O=C1CCC(=O)O1. The van der Waals surface area contributed by atoms with Gasteiger partial charge in [-0.25, -0.2) is 0 Å². The summed E-state index contributed by atoms with van der Waals surface area (Å²) in [5, 5.41) is 8.51. The van der Waals surface area contributed by atoms with Crippen LogP contribution in [0.4, 0.5) is 0 Å². The Labute approximate surface area is 212 Å². The number of aliphatic carboxylic acids is 1. The van der Waals surface area contributed by atoms with Crippen LogP contribution in [0.25, 0.3) is 0 Å². The van der Waals surface area contributed by atoms with Gasteiger partial charge in [-0.3, -0.25) is 19.2 Å². The molecule has 0 aromatic heterocycles. The van der Waals surface area contributed by atoms with Gasteiger partial charge < -0.3 is 28.8 Å². The third-order valence-electron chi connectivity index (χ3n) is 4.31. The van der Waals surface area contributed by atoms with Gasteiger partial charge in [-0.1, -0.05) is 20.9 Å². The molecule has 0 spiro atoms. The van der Waals surface area contributed by atoms with E-state index in [1.165, 1.54) is 14.2 Å². The molecular formula is C26H36O10. The lowest BCUT2D eigenvalue weighted by molar-refractivity contribution is -0.152. The molecular weight excluding hydrogens is 472 g/mol. The highest BCUT2D eigenvalue weighted by Gasteiger charge is 2.19. The van der Waals surface area contributed by atoms with E-state index in [4.69, 9.17) is 24.1 Å². The van der Waals surface area contributed by atoms with E-state index < -0.39 is 17.9 Å². The molecule has 3 rings (SSSR count). The van der Waals surface area contributed by atoms with E-state index in [1.54, 1.807) is 32.4 Å². The van der Waals surface area contributed by atoms with E-state index >= 15 is 0 Å². The molecule has 1 N–H and O–H groups in total. The van der Waals surface area contributed by atoms with Gasteiger partial charge in [0.05, 0.1) is 53.3 Å². The Morgan fingerprint density at radius 3 is 1.67 bits per heavy atom. The maximum atomic E-state index is 11.7. The number of carboxylic acids is 1. The molecule has 0 atom stereocenters. The van der Waals surface area contributed by atoms with Crippen LogP contribution in [-0.4, -0.2) is 57.2 Å². The van der Waals surface area contributed by atoms with Gasteiger partial charge in [0.15, 0.2) is 5.78 Å². The minimum atomic E-state index is -0.995. The Kier molecular flexibility index (Phi) is 17.3. The van der Waals surface area contributed by atoms with Gasteiger partial charge >= 0.3 is 17.9 Å². The topological polar surface area (TPSA) is 135 Å². The van der Waals surface area contributed by atoms with E-state index in [9.17, 15) is 19.2 Å². The van der Waals surface area contributed by atoms with Crippen LogP contribution in [-0.2, 0) is 19.1 Å². The zero-order valence-corrected chi connectivity index (χ0v) is 19.5. The standard InChI is InChI=1S/C12H14O5.C8H10O2.C4H4O3.2CH4/c1-16-8-3-4-9(11(7-8)17-2)10(13)5-6-12(14)15;1-9-7-4-3-5-8(6-7)10-2;5-3-1-2-4(6)7-3;;/h3-4,7H,5-6H2,1-2H3,(H,14,15);3-6H,1-2H3;1-2H2;2*1H4. The third-order valence-corrected chi connectivity index (χ3v) is 4.31. The first-order valence-corrected chi connectivity index (χ1v) is 10.1. The fourth-order valence-corrected chi connectivity index (χ4v) is 2.55. The number of carbonyl (C=O) groups is 4. The lowest BCUT2D eigenvalue weighted by atomic mass is 10.1. The fraction of sp³-hybridized carbons (Fsp3) is 0.385. The van der Waals surface area contributed by atoms with Crippen LogP contribution in [0, 0.1) is 0 Å². The number of rotatable bonds is 8. The van der Waals surface area contributed by atoms with Crippen molar-refractivity contribution in [3.05, 3.63) is 48.0 Å². The van der Waals surface area contributed by atoms with Gasteiger partial charge in [0.25, 0.3) is 0 Å². The lowest BCUT2D eigenvalue weighted by Gasteiger charge is -2.08. The molecule has 1 aliphatic heterocycles. The van der Waals surface area contributed by atoms with Crippen molar-refractivity contribution in [1.29, 1.82) is 0 Å². The zero-order valence-electron chi connectivity index (χ0n) is 19.5. The second-order valence-corrected chi connectivity index (χ2v) is 6.61. The minimum Gasteiger partial charge on any atom is -0.497 e. The number of hydrogen-bond acceptors (Lipinski definition) is 9. The molecule has 10 heteroatoms. The first-order chi connectivity index (χ1) is 16.2. The largest absolute Gasteiger partial charge is 0.497 e. The van der Waals surface area contributed by atoms with E-state index in [0.717, 1.165) is 11.5 Å². The molecule has 0 unspecified atom stereocenters. The Morgan fingerprint density at radius 2 is 1.28 bits per heavy atom. The molecule has 1 saturated heterocycles. The predicted octanol–water partition coefficient (Wildman–Crippen LogP) is 4.58. The zero-order chi connectivity index (χ0) is 25.5. The molecule has 10 nitrogen and oxygen atoms in total. The van der Waals surface area contributed by atoms with Crippen molar-refractivity contribution < 1.29 is 48.0 Å². The second kappa shape index (κ2) is 18.3. The first-order valence-electron chi connectivity index (χ1n) is 10.1. The van der Waals surface area contributed by atoms with Crippen molar-refractivity contribution in [3.63, 3.8) is 0 Å². The van der Waals surface area contributed by atoms with Crippen molar-refractivity contribution in [2.24, 2.45) is 0 Å². The van der Waals surface area contributed by atoms with E-state index in [1.807, 2.05) is 24.3 Å². The molecule has 1 fully saturated rings. The molecule has 200 valence electrons. The summed E-state index contributed by atoms with van der Waals surface area (Å²) >= 11 is 0. The lowest BCUT2D eigenvalue weighted by Crippen LogP contribution is -2.05. The number of Topliss-reactive ketones (excluding diaryl/α,β-unsaturated/α-hetero) is 1. The summed E-state index contributed by atoms with van der Waals surface area (Å²) < 4.78 is 24.1. The normalized spacial score (nSPS) is 11.0. The molecule has 1 aliphatic rings. The maximum Gasteiger partial charge on any atom is 0.314 e. The summed E-state index contributed by atoms with van der Waals surface area (Å²) in [6.45, 7) is 0. The Bertz CT molecular complexity index is 951. The monoisotopic (exact) mass is 508 g/mol. The van der Waals surface area contributed by atoms with Crippen LogP contribution in [0.1, 0.15) is 50.9 Å². The summed E-state index contributed by atoms with van der Waals surface area (Å²) in [6.07, 6.45) is 0.295. The van der Waals surface area contributed by atoms with Crippen molar-refractivity contribution in [1.82, 2.24) is 0 Å². The number of hydrogen-bond donors (Lipinski definition) is 1. The molecule has 0 aliphatic carbocycles. The number of cyclic esters (lactones) is 2. The molecule has 0 bridgehead atoms. The smallest absolute Gasteiger partial charge is 0.314 e. The molecule has 36 heavy (non-hydrogen) atoms. The van der Waals surface area contributed by atoms with Gasteiger partial charge in [-0.2, -0.15) is 0 Å². The summed E-state index contributed by atoms with van der Waals surface area (Å²) in [5.74, 6) is 0.558. The Morgan fingerprint density at radius 1 is 0.778 bits per heavy atom. The average Bonchev–Trinajstić information content (AvgIpc) is 3.24. The Balaban J connectivity index is 0. The molecule has 0 radical (unpaired) electrons. The maximum absolute atomic E-state index is 11.7. The quantitative estimate of drug-likeness (QED) is 0.307. The van der Waals surface area contributed by atoms with Crippen molar-refractivity contribution >= 4 is 23.7 Å². The van der Waals surface area contributed by atoms with Crippen LogP contribution < -0.4 is 18.9 Å². The van der Waals surface area contributed by atoms with Gasteiger partial charge in [-0.05, 0) is 24.3 Å². The van der Waals surface area contributed by atoms with E-state index in [2.05, 4.69) is 4.74 Å². The number of ketones is 1. The highest BCUT2D eigenvalue weighted by Crippen LogP contribution is 2.25. The summed E-state index contributed by atoms with van der Waals surface area (Å²) in [6, 6.07) is 12.3. The van der Waals surface area contributed by atoms with Crippen LogP contribution in [0.5, 0.6) is 23.0 Å². The molecule has 0 amide bonds. The summed E-state index contributed by atoms with van der Waals surface area (Å²) in [7, 11) is 6.23. The Hall–Kier alpha value is -4.08. The molecule has 2 aromatic carbocycles. The number of methoxy groups -OCH3 is 4. The van der Waals surface area contributed by atoms with E-state index in [0.29, 0.717) is 17.1 Å². The predicted molar refractivity (Wildman–Crippen MR) is 134 cm³/mol. The van der Waals surface area contributed by atoms with Gasteiger partial charge in [-0.15, -0.1) is 0 Å². The van der Waals surface area contributed by atoms with Crippen molar-refractivity contribution in [2.75, 3.05) is 28.4 Å². The van der Waals surface area contributed by atoms with Crippen LogP contribution >= 0.6 is 0 Å². The molecule has 1 heterocycles. The number of ether oxygens (including phenoxy) is 5. The number of benzene rings is 2. The van der Waals surface area contributed by atoms with Gasteiger partial charge in [0.1, 0.15) is 23.0 Å². The summed E-state index contributed by atoms with van der Waals surface area (Å²) in [4.78, 5) is 42.2. The van der Waals surface area contributed by atoms with Gasteiger partial charge in [0, 0.05) is 18.6 Å². The highest BCUT2D eigenvalue weighted by atomic mass is 16.6. The van der Waals surface area contributed by atoms with Crippen LogP contribution in [0.3, 0.4) is 0 Å². The summed E-state index contributed by atoms with van der Waals surface area (Å²) in [5.41, 5.74) is 0.370. The van der Waals surface area contributed by atoms with Crippen molar-refractivity contribution in [2.45, 2.75) is 40.5 Å². The average molecular weight is 509 g/mol. The third kappa shape index (κ3) is 12.4. The van der Waals surface area contributed by atoms with Crippen molar-refractivity contribution in [3.8, 4) is 23.0 Å². The second-order valence-electron chi connectivity index (χ2n) is 6.61. The molecule has 0 saturated carbocycles.